The van der Waals surface area contributed by atoms with Crippen molar-refractivity contribution in [3.63, 3.8) is 0 Å². The first kappa shape index (κ1) is 15.7. The summed E-state index contributed by atoms with van der Waals surface area (Å²) in [5.74, 6) is 0.717. The summed E-state index contributed by atoms with van der Waals surface area (Å²) < 4.78 is 17.7. The van der Waals surface area contributed by atoms with Crippen LogP contribution in [0.1, 0.15) is 11.4 Å². The van der Waals surface area contributed by atoms with Crippen molar-refractivity contribution in [2.75, 3.05) is 33.9 Å². The van der Waals surface area contributed by atoms with E-state index in [1.807, 2.05) is 30.3 Å². The van der Waals surface area contributed by atoms with Crippen LogP contribution >= 0.6 is 7.59 Å². The third-order valence-corrected chi connectivity index (χ3v) is 6.02. The Balaban J connectivity index is 2.37. The number of anilines is 1. The molecule has 0 unspecified atom stereocenters. The monoisotopic (exact) mass is 308 g/mol. The second-order valence-corrected chi connectivity index (χ2v) is 8.15. The third kappa shape index (κ3) is 3.00. The average molecular weight is 308 g/mol. The van der Waals surface area contributed by atoms with Gasteiger partial charge in [0, 0.05) is 6.42 Å². The lowest BCUT2D eigenvalue weighted by atomic mass is 10.1. The van der Waals surface area contributed by atoms with Gasteiger partial charge in [-0.25, -0.2) is 9.34 Å². The number of nitrogens with two attached hydrogens (primary N) is 1. The molecule has 0 amide bonds. The molecule has 114 valence electrons. The summed E-state index contributed by atoms with van der Waals surface area (Å²) in [5.41, 5.74) is 7.00. The van der Waals surface area contributed by atoms with Crippen molar-refractivity contribution in [3.05, 3.63) is 41.7 Å². The summed E-state index contributed by atoms with van der Waals surface area (Å²) in [7, 11) is 3.89. The zero-order valence-corrected chi connectivity index (χ0v) is 13.7. The molecule has 0 fully saturated rings. The van der Waals surface area contributed by atoms with Crippen LogP contribution in [0.25, 0.3) is 0 Å². The van der Waals surface area contributed by atoms with E-state index in [0.29, 0.717) is 12.2 Å². The summed E-state index contributed by atoms with van der Waals surface area (Å²) in [5, 5.41) is 4.35. The molecule has 0 spiro atoms. The lowest BCUT2D eigenvalue weighted by Gasteiger charge is -2.29. The molecule has 2 N–H and O–H groups in total. The molecule has 0 aliphatic heterocycles. The van der Waals surface area contributed by atoms with Gasteiger partial charge in [-0.2, -0.15) is 9.44 Å². The molecule has 1 heterocycles. The molecule has 1 aromatic carbocycles. The number of nitrogen functional groups attached to an aromatic ring is 1. The minimum Gasteiger partial charge on any atom is -0.368 e. The first-order valence-electron chi connectivity index (χ1n) is 6.57. The Morgan fingerprint density at radius 3 is 2.24 bits per heavy atom. The van der Waals surface area contributed by atoms with Gasteiger partial charge in [0.25, 0.3) is 0 Å². The van der Waals surface area contributed by atoms with Crippen molar-refractivity contribution in [2.45, 2.75) is 6.42 Å². The third-order valence-electron chi connectivity index (χ3n) is 3.15. The fraction of sp³-hybridized carbons (Fsp3) is 0.385. The van der Waals surface area contributed by atoms with Gasteiger partial charge in [-0.1, -0.05) is 30.3 Å². The molecule has 8 heteroatoms. The molecule has 0 saturated heterocycles. The maximum Gasteiger partial charge on any atom is 0.332 e. The normalized spacial score (nSPS) is 12.3. The van der Waals surface area contributed by atoms with Gasteiger partial charge in [0.05, 0.1) is 0 Å². The predicted octanol–water partition coefficient (Wildman–Crippen LogP) is 1.53. The van der Waals surface area contributed by atoms with Gasteiger partial charge in [0.15, 0.2) is 5.82 Å². The molecular formula is C13H21N6OP. The Morgan fingerprint density at radius 2 is 1.71 bits per heavy atom. The number of aromatic nitrogens is 3. The van der Waals surface area contributed by atoms with Crippen LogP contribution in [0.5, 0.6) is 0 Å². The summed E-state index contributed by atoms with van der Waals surface area (Å²) in [6, 6.07) is 9.86. The minimum atomic E-state index is -3.05. The van der Waals surface area contributed by atoms with Gasteiger partial charge in [-0.05, 0) is 33.8 Å². The lowest BCUT2D eigenvalue weighted by molar-refractivity contribution is 0.431. The molecule has 0 aliphatic carbocycles. The Labute approximate surface area is 124 Å². The molecule has 0 atom stereocenters. The molecule has 0 aliphatic rings. The molecule has 2 rings (SSSR count). The van der Waals surface area contributed by atoms with Crippen molar-refractivity contribution in [1.29, 1.82) is 0 Å². The standard InChI is InChI=1S/C13H21N6OP/c1-17(2)21(20,18(3)4)19-13(14)15-12(16-19)10-11-8-6-5-7-9-11/h5-9H,10H2,1-4H3,(H2,14,15,16). The Bertz CT molecular complexity index is 640. The summed E-state index contributed by atoms with van der Waals surface area (Å²) >= 11 is 0. The number of benzene rings is 1. The van der Waals surface area contributed by atoms with Gasteiger partial charge in [-0.3, -0.25) is 4.57 Å². The van der Waals surface area contributed by atoms with Crippen LogP contribution in [0.4, 0.5) is 5.95 Å². The Hall–Kier alpha value is -1.69. The smallest absolute Gasteiger partial charge is 0.332 e. The molecule has 0 radical (unpaired) electrons. The number of rotatable bonds is 5. The highest BCUT2D eigenvalue weighted by molar-refractivity contribution is 7.57. The van der Waals surface area contributed by atoms with Crippen molar-refractivity contribution < 1.29 is 4.57 Å². The first-order valence-corrected chi connectivity index (χ1v) is 8.14. The zero-order chi connectivity index (χ0) is 15.6. The second-order valence-electron chi connectivity index (χ2n) is 5.15. The van der Waals surface area contributed by atoms with E-state index in [0.717, 1.165) is 5.56 Å². The topological polar surface area (TPSA) is 80.3 Å². The van der Waals surface area contributed by atoms with E-state index in [1.165, 1.54) is 4.45 Å². The van der Waals surface area contributed by atoms with Crippen molar-refractivity contribution >= 4 is 13.5 Å². The predicted molar refractivity (Wildman–Crippen MR) is 84.1 cm³/mol. The van der Waals surface area contributed by atoms with Gasteiger partial charge < -0.3 is 5.73 Å². The number of hydrogen-bond donors (Lipinski definition) is 1. The van der Waals surface area contributed by atoms with E-state index >= 15 is 0 Å². The van der Waals surface area contributed by atoms with Crippen molar-refractivity contribution in [3.8, 4) is 0 Å². The van der Waals surface area contributed by atoms with Gasteiger partial charge in [-0.15, -0.1) is 5.10 Å². The fourth-order valence-corrected chi connectivity index (χ4v) is 4.03. The fourth-order valence-electron chi connectivity index (χ4n) is 2.10. The highest BCUT2D eigenvalue weighted by Gasteiger charge is 2.34. The SMILES string of the molecule is CN(C)P(=O)(N(C)C)n1nc(Cc2ccccc2)nc1N. The number of nitrogens with zero attached hydrogens (tertiary/aromatic N) is 5. The highest BCUT2D eigenvalue weighted by Crippen LogP contribution is 2.51. The van der Waals surface area contributed by atoms with Crippen molar-refractivity contribution in [1.82, 2.24) is 23.9 Å². The van der Waals surface area contributed by atoms with E-state index < -0.39 is 7.59 Å². The molecule has 7 nitrogen and oxygen atoms in total. The van der Waals surface area contributed by atoms with Crippen LogP contribution in [0.15, 0.2) is 30.3 Å². The molecule has 2 aromatic rings. The van der Waals surface area contributed by atoms with Gasteiger partial charge in [0.1, 0.15) is 0 Å². The van der Waals surface area contributed by atoms with E-state index in [1.54, 1.807) is 37.5 Å². The van der Waals surface area contributed by atoms with E-state index in [2.05, 4.69) is 10.1 Å². The number of hydrogen-bond acceptors (Lipinski definition) is 4. The molecule has 21 heavy (non-hydrogen) atoms. The molecule has 0 bridgehead atoms. The van der Waals surface area contributed by atoms with Crippen LogP contribution < -0.4 is 5.73 Å². The molecule has 0 saturated carbocycles. The largest absolute Gasteiger partial charge is 0.368 e. The van der Waals surface area contributed by atoms with Crippen LogP contribution in [0, 0.1) is 0 Å². The van der Waals surface area contributed by atoms with E-state index in [-0.39, 0.29) is 5.95 Å². The lowest BCUT2D eigenvalue weighted by Crippen LogP contribution is -2.27. The maximum absolute atomic E-state index is 13.1. The van der Waals surface area contributed by atoms with Crippen LogP contribution in [0.2, 0.25) is 0 Å². The van der Waals surface area contributed by atoms with Crippen LogP contribution in [-0.4, -0.2) is 52.1 Å². The summed E-state index contributed by atoms with van der Waals surface area (Å²) in [6.45, 7) is 0. The quantitative estimate of drug-likeness (QED) is 0.844. The van der Waals surface area contributed by atoms with Crippen LogP contribution in [-0.2, 0) is 11.0 Å². The maximum atomic E-state index is 13.1. The van der Waals surface area contributed by atoms with Crippen LogP contribution in [0.3, 0.4) is 0 Å². The molecular weight excluding hydrogens is 287 g/mol. The van der Waals surface area contributed by atoms with Gasteiger partial charge in [0.2, 0.25) is 5.95 Å². The van der Waals surface area contributed by atoms with Crippen molar-refractivity contribution in [2.24, 2.45) is 0 Å². The summed E-state index contributed by atoms with van der Waals surface area (Å²) in [6.07, 6.45) is 0.554. The average Bonchev–Trinajstić information content (AvgIpc) is 2.79. The Morgan fingerprint density at radius 1 is 1.14 bits per heavy atom. The van der Waals surface area contributed by atoms with E-state index in [4.69, 9.17) is 5.73 Å². The highest BCUT2D eigenvalue weighted by atomic mass is 31.2. The summed E-state index contributed by atoms with van der Waals surface area (Å²) in [4.78, 5) is 4.24. The Kier molecular flexibility index (Phi) is 4.46. The minimum absolute atomic E-state index is 0.159. The zero-order valence-electron chi connectivity index (χ0n) is 12.8. The van der Waals surface area contributed by atoms with Gasteiger partial charge >= 0.3 is 7.59 Å². The van der Waals surface area contributed by atoms with E-state index in [9.17, 15) is 4.57 Å². The molecule has 1 aromatic heterocycles. The second kappa shape index (κ2) is 5.97. The first-order chi connectivity index (χ1) is 9.85.